The molecule has 1 N–H and O–H groups in total. The number of fused-ring (bicyclic) bond motifs is 1. The van der Waals surface area contributed by atoms with E-state index in [4.69, 9.17) is 4.74 Å². The molecule has 3 aromatic rings. The SMILES string of the molecule is CCc1nn(CC(=O)Nc2ccncn2)c(=O)c2ccc(OC)cc12. The van der Waals surface area contributed by atoms with Crippen LogP contribution in [0.4, 0.5) is 5.82 Å². The van der Waals surface area contributed by atoms with E-state index in [1.165, 1.54) is 17.2 Å². The fraction of sp³-hybridized carbons (Fsp3) is 0.235. The Kier molecular flexibility index (Phi) is 4.69. The van der Waals surface area contributed by atoms with E-state index in [2.05, 4.69) is 20.4 Å². The van der Waals surface area contributed by atoms with Crippen LogP contribution in [0.5, 0.6) is 5.75 Å². The number of rotatable bonds is 5. The van der Waals surface area contributed by atoms with Crippen molar-refractivity contribution >= 4 is 22.5 Å². The molecular formula is C17H17N5O3. The fourth-order valence-electron chi connectivity index (χ4n) is 2.51. The zero-order chi connectivity index (χ0) is 17.8. The topological polar surface area (TPSA) is 99.0 Å². The van der Waals surface area contributed by atoms with Gasteiger partial charge in [0.1, 0.15) is 24.4 Å². The molecule has 0 saturated heterocycles. The first kappa shape index (κ1) is 16.6. The summed E-state index contributed by atoms with van der Waals surface area (Å²) in [7, 11) is 1.57. The number of methoxy groups -OCH3 is 1. The number of amides is 1. The number of nitrogens with one attached hydrogen (secondary N) is 1. The highest BCUT2D eigenvalue weighted by molar-refractivity contribution is 5.90. The Morgan fingerprint density at radius 3 is 2.80 bits per heavy atom. The summed E-state index contributed by atoms with van der Waals surface area (Å²) in [6, 6.07) is 6.76. The Hall–Kier alpha value is -3.29. The van der Waals surface area contributed by atoms with Crippen molar-refractivity contribution in [1.29, 1.82) is 0 Å². The average molecular weight is 339 g/mol. The second kappa shape index (κ2) is 7.08. The molecule has 25 heavy (non-hydrogen) atoms. The van der Waals surface area contributed by atoms with Crippen LogP contribution in [-0.2, 0) is 17.8 Å². The van der Waals surface area contributed by atoms with Crippen LogP contribution >= 0.6 is 0 Å². The first-order valence-electron chi connectivity index (χ1n) is 7.76. The third-order valence-corrected chi connectivity index (χ3v) is 3.72. The highest BCUT2D eigenvalue weighted by atomic mass is 16.5. The van der Waals surface area contributed by atoms with Gasteiger partial charge in [-0.05, 0) is 30.7 Å². The number of nitrogens with zero attached hydrogens (tertiary/aromatic N) is 4. The van der Waals surface area contributed by atoms with Gasteiger partial charge in [-0.2, -0.15) is 5.10 Å². The van der Waals surface area contributed by atoms with Gasteiger partial charge in [-0.25, -0.2) is 14.6 Å². The number of hydrogen-bond donors (Lipinski definition) is 1. The van der Waals surface area contributed by atoms with Gasteiger partial charge in [0.2, 0.25) is 5.91 Å². The van der Waals surface area contributed by atoms with Crippen LogP contribution in [0, 0.1) is 0 Å². The quantitative estimate of drug-likeness (QED) is 0.754. The third kappa shape index (κ3) is 3.47. The van der Waals surface area contributed by atoms with Crippen molar-refractivity contribution in [3.63, 3.8) is 0 Å². The molecule has 0 aliphatic heterocycles. The van der Waals surface area contributed by atoms with E-state index in [1.54, 1.807) is 31.4 Å². The summed E-state index contributed by atoms with van der Waals surface area (Å²) in [5, 5.41) is 8.18. The van der Waals surface area contributed by atoms with Crippen LogP contribution in [0.15, 0.2) is 41.6 Å². The van der Waals surface area contributed by atoms with Gasteiger partial charge in [0.25, 0.3) is 5.56 Å². The maximum Gasteiger partial charge on any atom is 0.275 e. The minimum Gasteiger partial charge on any atom is -0.497 e. The number of aromatic nitrogens is 4. The van der Waals surface area contributed by atoms with Crippen LogP contribution in [0.25, 0.3) is 10.8 Å². The first-order chi connectivity index (χ1) is 12.1. The number of anilines is 1. The Labute approximate surface area is 143 Å². The predicted octanol–water partition coefficient (Wildman–Crippen LogP) is 1.40. The minimum atomic E-state index is -0.386. The molecule has 0 atom stereocenters. The Bertz CT molecular complexity index is 969. The molecule has 3 rings (SSSR count). The summed E-state index contributed by atoms with van der Waals surface area (Å²) in [5.41, 5.74) is 0.399. The van der Waals surface area contributed by atoms with Gasteiger partial charge in [0, 0.05) is 11.6 Å². The molecule has 0 radical (unpaired) electrons. The first-order valence-corrected chi connectivity index (χ1v) is 7.76. The highest BCUT2D eigenvalue weighted by Crippen LogP contribution is 2.20. The summed E-state index contributed by atoms with van der Waals surface area (Å²) in [4.78, 5) is 32.5. The third-order valence-electron chi connectivity index (χ3n) is 3.72. The molecule has 128 valence electrons. The van der Waals surface area contributed by atoms with E-state index in [0.29, 0.717) is 23.4 Å². The molecule has 0 aliphatic carbocycles. The van der Waals surface area contributed by atoms with E-state index in [9.17, 15) is 9.59 Å². The fourth-order valence-corrected chi connectivity index (χ4v) is 2.51. The summed E-state index contributed by atoms with van der Waals surface area (Å²) >= 11 is 0. The van der Waals surface area contributed by atoms with Crippen molar-refractivity contribution in [3.8, 4) is 5.75 Å². The van der Waals surface area contributed by atoms with Crippen LogP contribution in [-0.4, -0.2) is 32.8 Å². The van der Waals surface area contributed by atoms with Crippen molar-refractivity contribution in [2.24, 2.45) is 0 Å². The van der Waals surface area contributed by atoms with E-state index in [0.717, 1.165) is 11.1 Å². The zero-order valence-corrected chi connectivity index (χ0v) is 13.9. The smallest absolute Gasteiger partial charge is 0.275 e. The second-order valence-corrected chi connectivity index (χ2v) is 5.32. The molecule has 2 aromatic heterocycles. The standard InChI is InChI=1S/C17H17N5O3/c1-3-14-13-8-11(25-2)4-5-12(13)17(24)22(21-14)9-16(23)20-15-6-7-18-10-19-15/h4-8,10H,3,9H2,1-2H3,(H,18,19,20,23). The van der Waals surface area contributed by atoms with Crippen molar-refractivity contribution in [3.05, 3.63) is 52.8 Å². The van der Waals surface area contributed by atoms with Gasteiger partial charge in [0.15, 0.2) is 0 Å². The van der Waals surface area contributed by atoms with Gasteiger partial charge in [-0.3, -0.25) is 9.59 Å². The number of carbonyl (C=O) groups excluding carboxylic acids is 1. The lowest BCUT2D eigenvalue weighted by Crippen LogP contribution is -2.30. The second-order valence-electron chi connectivity index (χ2n) is 5.32. The Morgan fingerprint density at radius 2 is 2.12 bits per heavy atom. The van der Waals surface area contributed by atoms with Gasteiger partial charge >= 0.3 is 0 Å². The lowest BCUT2D eigenvalue weighted by Gasteiger charge is -2.11. The van der Waals surface area contributed by atoms with E-state index in [1.807, 2.05) is 6.92 Å². The largest absolute Gasteiger partial charge is 0.497 e. The molecule has 1 amide bonds. The van der Waals surface area contributed by atoms with E-state index < -0.39 is 0 Å². The minimum absolute atomic E-state index is 0.197. The molecule has 8 heteroatoms. The normalized spacial score (nSPS) is 10.6. The number of carbonyl (C=O) groups is 1. The molecule has 1 aromatic carbocycles. The molecule has 8 nitrogen and oxygen atoms in total. The molecule has 2 heterocycles. The monoisotopic (exact) mass is 339 g/mol. The predicted molar refractivity (Wildman–Crippen MR) is 92.6 cm³/mol. The number of ether oxygens (including phenoxy) is 1. The van der Waals surface area contributed by atoms with Crippen molar-refractivity contribution in [2.75, 3.05) is 12.4 Å². The molecule has 0 aliphatic rings. The lowest BCUT2D eigenvalue weighted by molar-refractivity contribution is -0.117. The number of aryl methyl sites for hydroxylation is 1. The van der Waals surface area contributed by atoms with Crippen molar-refractivity contribution in [2.45, 2.75) is 19.9 Å². The van der Waals surface area contributed by atoms with Gasteiger partial charge in [0.05, 0.1) is 18.2 Å². The number of benzene rings is 1. The maximum absolute atomic E-state index is 12.6. The average Bonchev–Trinajstić information content (AvgIpc) is 2.64. The molecule has 0 saturated carbocycles. The molecular weight excluding hydrogens is 322 g/mol. The van der Waals surface area contributed by atoms with Gasteiger partial charge < -0.3 is 10.1 Å². The molecule has 0 bridgehead atoms. The molecule has 0 spiro atoms. The highest BCUT2D eigenvalue weighted by Gasteiger charge is 2.13. The van der Waals surface area contributed by atoms with Crippen molar-refractivity contribution in [1.82, 2.24) is 19.7 Å². The van der Waals surface area contributed by atoms with Crippen LogP contribution < -0.4 is 15.6 Å². The van der Waals surface area contributed by atoms with Crippen LogP contribution in [0.2, 0.25) is 0 Å². The summed E-state index contributed by atoms with van der Waals surface area (Å²) in [5.74, 6) is 0.639. The summed E-state index contributed by atoms with van der Waals surface area (Å²) in [6.07, 6.45) is 3.47. The van der Waals surface area contributed by atoms with Crippen LogP contribution in [0.1, 0.15) is 12.6 Å². The van der Waals surface area contributed by atoms with E-state index in [-0.39, 0.29) is 18.0 Å². The zero-order valence-electron chi connectivity index (χ0n) is 13.9. The van der Waals surface area contributed by atoms with E-state index >= 15 is 0 Å². The maximum atomic E-state index is 12.6. The molecule has 0 unspecified atom stereocenters. The summed E-state index contributed by atoms with van der Waals surface area (Å²) in [6.45, 7) is 1.74. The molecule has 0 fully saturated rings. The van der Waals surface area contributed by atoms with Crippen molar-refractivity contribution < 1.29 is 9.53 Å². The lowest BCUT2D eigenvalue weighted by atomic mass is 10.1. The Balaban J connectivity index is 1.95. The van der Waals surface area contributed by atoms with Crippen LogP contribution in [0.3, 0.4) is 0 Å². The summed E-state index contributed by atoms with van der Waals surface area (Å²) < 4.78 is 6.38. The number of hydrogen-bond acceptors (Lipinski definition) is 6. The van der Waals surface area contributed by atoms with Gasteiger partial charge in [-0.1, -0.05) is 6.92 Å². The Morgan fingerprint density at radius 1 is 1.28 bits per heavy atom. The van der Waals surface area contributed by atoms with Gasteiger partial charge in [-0.15, -0.1) is 0 Å².